The molecule has 4 heteroatoms. The summed E-state index contributed by atoms with van der Waals surface area (Å²) in [5.74, 6) is -0.170. The molecule has 1 aromatic rings. The number of carbonyl (C=O) groups is 1. The highest BCUT2D eigenvalue weighted by Crippen LogP contribution is 2.18. The third kappa shape index (κ3) is 5.96. The molecule has 0 aliphatic heterocycles. The normalized spacial score (nSPS) is 11.1. The second-order valence-electron chi connectivity index (χ2n) is 5.00. The van der Waals surface area contributed by atoms with Gasteiger partial charge in [-0.2, -0.15) is 0 Å². The van der Waals surface area contributed by atoms with Crippen molar-refractivity contribution in [2.45, 2.75) is 37.7 Å². The van der Waals surface area contributed by atoms with E-state index in [1.165, 1.54) is 4.90 Å². The van der Waals surface area contributed by atoms with E-state index in [-0.39, 0.29) is 5.97 Å². The van der Waals surface area contributed by atoms with E-state index in [4.69, 9.17) is 4.74 Å². The third-order valence-electron chi connectivity index (χ3n) is 2.15. The van der Waals surface area contributed by atoms with Crippen molar-refractivity contribution in [2.24, 2.45) is 0 Å². The van der Waals surface area contributed by atoms with Gasteiger partial charge in [0.15, 0.2) is 0 Å². The van der Waals surface area contributed by atoms with Crippen LogP contribution in [0.4, 0.5) is 5.69 Å². The van der Waals surface area contributed by atoms with Crippen LogP contribution >= 0.6 is 11.8 Å². The average molecular weight is 267 g/mol. The molecule has 0 atom stereocenters. The Bertz CT molecular complexity index is 399. The van der Waals surface area contributed by atoms with Crippen LogP contribution in [-0.2, 0) is 9.53 Å². The smallest absolute Gasteiger partial charge is 0.308 e. The zero-order valence-corrected chi connectivity index (χ0v) is 12.3. The van der Waals surface area contributed by atoms with Crippen molar-refractivity contribution in [3.8, 4) is 0 Å². The van der Waals surface area contributed by atoms with E-state index in [0.29, 0.717) is 13.0 Å². The van der Waals surface area contributed by atoms with Gasteiger partial charge in [0.05, 0.1) is 6.42 Å². The molecule has 3 nitrogen and oxygen atoms in total. The van der Waals surface area contributed by atoms with E-state index >= 15 is 0 Å². The van der Waals surface area contributed by atoms with Gasteiger partial charge in [-0.15, -0.1) is 11.8 Å². The molecule has 0 bridgehead atoms. The van der Waals surface area contributed by atoms with Gasteiger partial charge in [0.1, 0.15) is 5.60 Å². The molecule has 0 unspecified atom stereocenters. The maximum Gasteiger partial charge on any atom is 0.308 e. The minimum atomic E-state index is -0.407. The number of thioether (sulfide) groups is 1. The molecule has 0 saturated heterocycles. The average Bonchev–Trinajstić information content (AvgIpc) is 2.27. The van der Waals surface area contributed by atoms with Gasteiger partial charge in [-0.1, -0.05) is 6.07 Å². The molecular formula is C14H21NO2S. The summed E-state index contributed by atoms with van der Waals surface area (Å²) in [6.07, 6.45) is 2.42. The Kier molecular flexibility index (Phi) is 5.54. The van der Waals surface area contributed by atoms with Crippen molar-refractivity contribution in [3.05, 3.63) is 24.3 Å². The number of esters is 1. The number of hydrogen-bond donors (Lipinski definition) is 1. The molecule has 0 heterocycles. The Balaban J connectivity index is 2.35. The minimum absolute atomic E-state index is 0.170. The molecule has 100 valence electrons. The summed E-state index contributed by atoms with van der Waals surface area (Å²) in [6, 6.07) is 8.12. The quantitative estimate of drug-likeness (QED) is 0.654. The Hall–Kier alpha value is -1.16. The number of carbonyl (C=O) groups excluding carboxylic acids is 1. The molecule has 1 rings (SSSR count). The highest BCUT2D eigenvalue weighted by Gasteiger charge is 2.15. The molecule has 0 fully saturated rings. The second-order valence-corrected chi connectivity index (χ2v) is 5.87. The zero-order valence-electron chi connectivity index (χ0n) is 11.4. The molecule has 0 radical (unpaired) electrons. The zero-order chi connectivity index (χ0) is 13.6. The Labute approximate surface area is 113 Å². The van der Waals surface area contributed by atoms with E-state index in [9.17, 15) is 4.79 Å². The first-order chi connectivity index (χ1) is 8.40. The van der Waals surface area contributed by atoms with E-state index in [1.807, 2.05) is 39.2 Å². The third-order valence-corrected chi connectivity index (χ3v) is 2.87. The summed E-state index contributed by atoms with van der Waals surface area (Å²) in [4.78, 5) is 12.7. The second kappa shape index (κ2) is 6.69. The lowest BCUT2D eigenvalue weighted by Gasteiger charge is -2.19. The lowest BCUT2D eigenvalue weighted by atomic mass is 10.2. The van der Waals surface area contributed by atoms with Crippen molar-refractivity contribution >= 4 is 23.4 Å². The van der Waals surface area contributed by atoms with Gasteiger partial charge in [-0.25, -0.2) is 0 Å². The number of benzene rings is 1. The molecule has 0 aromatic heterocycles. The summed E-state index contributed by atoms with van der Waals surface area (Å²) >= 11 is 1.70. The fraction of sp³-hybridized carbons (Fsp3) is 0.500. The van der Waals surface area contributed by atoms with Crippen molar-refractivity contribution in [1.82, 2.24) is 0 Å². The molecule has 1 aromatic carbocycles. The van der Waals surface area contributed by atoms with Crippen molar-refractivity contribution in [2.75, 3.05) is 18.1 Å². The van der Waals surface area contributed by atoms with Crippen LogP contribution in [0.2, 0.25) is 0 Å². The predicted molar refractivity (Wildman–Crippen MR) is 77.2 cm³/mol. The lowest BCUT2D eigenvalue weighted by molar-refractivity contribution is -0.154. The lowest BCUT2D eigenvalue weighted by Crippen LogP contribution is -2.25. The first kappa shape index (κ1) is 14.9. The fourth-order valence-electron chi connectivity index (χ4n) is 1.43. The van der Waals surface area contributed by atoms with Gasteiger partial charge >= 0.3 is 5.97 Å². The maximum absolute atomic E-state index is 11.5. The van der Waals surface area contributed by atoms with E-state index in [0.717, 1.165) is 5.69 Å². The molecule has 0 aliphatic carbocycles. The molecule has 0 amide bonds. The minimum Gasteiger partial charge on any atom is -0.460 e. The van der Waals surface area contributed by atoms with Crippen LogP contribution in [-0.4, -0.2) is 24.4 Å². The van der Waals surface area contributed by atoms with Crippen molar-refractivity contribution < 1.29 is 9.53 Å². The van der Waals surface area contributed by atoms with Crippen molar-refractivity contribution in [1.29, 1.82) is 0 Å². The van der Waals surface area contributed by atoms with E-state index in [1.54, 1.807) is 11.8 Å². The number of rotatable bonds is 5. The summed E-state index contributed by atoms with van der Waals surface area (Å²) in [6.45, 7) is 6.22. The molecule has 18 heavy (non-hydrogen) atoms. The monoisotopic (exact) mass is 267 g/mol. The number of hydrogen-bond acceptors (Lipinski definition) is 4. The molecule has 0 spiro atoms. The van der Waals surface area contributed by atoms with Crippen LogP contribution in [0, 0.1) is 0 Å². The Morgan fingerprint density at radius 2 is 2.11 bits per heavy atom. The highest BCUT2D eigenvalue weighted by molar-refractivity contribution is 7.98. The molecular weight excluding hydrogens is 246 g/mol. The standard InChI is InChI=1S/C14H21NO2S/c1-14(2,3)17-13(16)8-9-15-11-6-5-7-12(10-11)18-4/h5-7,10,15H,8-9H2,1-4H3. The summed E-state index contributed by atoms with van der Waals surface area (Å²) in [7, 11) is 0. The van der Waals surface area contributed by atoms with Gasteiger partial charge < -0.3 is 10.1 Å². The molecule has 0 saturated carbocycles. The summed E-state index contributed by atoms with van der Waals surface area (Å²) in [5.41, 5.74) is 0.626. The van der Waals surface area contributed by atoms with Crippen LogP contribution in [0.15, 0.2) is 29.2 Å². The highest BCUT2D eigenvalue weighted by atomic mass is 32.2. The van der Waals surface area contributed by atoms with Gasteiger partial charge in [-0.05, 0) is 45.2 Å². The summed E-state index contributed by atoms with van der Waals surface area (Å²) < 4.78 is 5.24. The van der Waals surface area contributed by atoms with Crippen molar-refractivity contribution in [3.63, 3.8) is 0 Å². The van der Waals surface area contributed by atoms with Crippen LogP contribution in [0.1, 0.15) is 27.2 Å². The van der Waals surface area contributed by atoms with E-state index < -0.39 is 5.60 Å². The van der Waals surface area contributed by atoms with Crippen LogP contribution in [0.25, 0.3) is 0 Å². The first-order valence-electron chi connectivity index (χ1n) is 6.00. The largest absolute Gasteiger partial charge is 0.460 e. The van der Waals surface area contributed by atoms with E-state index in [2.05, 4.69) is 17.4 Å². The van der Waals surface area contributed by atoms with Crippen LogP contribution in [0.5, 0.6) is 0 Å². The van der Waals surface area contributed by atoms with Gasteiger partial charge in [-0.3, -0.25) is 4.79 Å². The number of anilines is 1. The SMILES string of the molecule is CSc1cccc(NCCC(=O)OC(C)(C)C)c1. The van der Waals surface area contributed by atoms with Gasteiger partial charge in [0.25, 0.3) is 0 Å². The maximum atomic E-state index is 11.5. The predicted octanol–water partition coefficient (Wildman–Crippen LogP) is 3.55. The van der Waals surface area contributed by atoms with Gasteiger partial charge in [0, 0.05) is 17.1 Å². The molecule has 0 aliphatic rings. The first-order valence-corrected chi connectivity index (χ1v) is 7.23. The topological polar surface area (TPSA) is 38.3 Å². The fourth-order valence-corrected chi connectivity index (χ4v) is 1.89. The summed E-state index contributed by atoms with van der Waals surface area (Å²) in [5, 5.41) is 3.22. The van der Waals surface area contributed by atoms with Crippen LogP contribution in [0.3, 0.4) is 0 Å². The Morgan fingerprint density at radius 3 is 2.72 bits per heavy atom. The number of ether oxygens (including phenoxy) is 1. The molecule has 1 N–H and O–H groups in total. The van der Waals surface area contributed by atoms with Crippen LogP contribution < -0.4 is 5.32 Å². The number of nitrogens with one attached hydrogen (secondary N) is 1. The Morgan fingerprint density at radius 1 is 1.39 bits per heavy atom. The van der Waals surface area contributed by atoms with Gasteiger partial charge in [0.2, 0.25) is 0 Å².